The molecule has 1 aromatic carbocycles. The van der Waals surface area contributed by atoms with Crippen LogP contribution in [0.4, 0.5) is 5.69 Å². The zero-order valence-electron chi connectivity index (χ0n) is 9.10. The van der Waals surface area contributed by atoms with Gasteiger partial charge in [0, 0.05) is 17.2 Å². The first-order valence-electron chi connectivity index (χ1n) is 5.44. The maximum Gasteiger partial charge on any atom is 0.248 e. The smallest absolute Gasteiger partial charge is 0.248 e. The first-order valence-corrected chi connectivity index (χ1v) is 5.44. The molecule has 2 aromatic rings. The van der Waals surface area contributed by atoms with E-state index in [-0.39, 0.29) is 0 Å². The van der Waals surface area contributed by atoms with Gasteiger partial charge in [-0.25, -0.2) is 0 Å². The number of benzene rings is 1. The highest BCUT2D eigenvalue weighted by Crippen LogP contribution is 2.40. The molecule has 16 heavy (non-hydrogen) atoms. The lowest BCUT2D eigenvalue weighted by Gasteiger charge is -2.01. The molecule has 1 aliphatic carbocycles. The molecule has 0 atom stereocenters. The number of rotatable bonds is 2. The van der Waals surface area contributed by atoms with Crippen LogP contribution < -0.4 is 5.73 Å². The van der Waals surface area contributed by atoms with Gasteiger partial charge >= 0.3 is 0 Å². The Morgan fingerprint density at radius 3 is 2.88 bits per heavy atom. The van der Waals surface area contributed by atoms with E-state index in [0.29, 0.717) is 17.5 Å². The van der Waals surface area contributed by atoms with Gasteiger partial charge < -0.3 is 10.2 Å². The number of aryl methyl sites for hydroxylation is 1. The monoisotopic (exact) mass is 215 g/mol. The summed E-state index contributed by atoms with van der Waals surface area (Å²) in [7, 11) is 0. The average Bonchev–Trinajstić information content (AvgIpc) is 3.01. The van der Waals surface area contributed by atoms with E-state index in [1.807, 2.05) is 25.1 Å². The summed E-state index contributed by atoms with van der Waals surface area (Å²) in [5.74, 6) is 1.83. The van der Waals surface area contributed by atoms with Gasteiger partial charge in [-0.1, -0.05) is 6.07 Å². The molecule has 0 aliphatic heterocycles. The average molecular weight is 215 g/mol. The Morgan fingerprint density at radius 1 is 1.31 bits per heavy atom. The maximum absolute atomic E-state index is 5.75. The predicted octanol–water partition coefficient (Wildman–Crippen LogP) is 2.50. The predicted molar refractivity (Wildman–Crippen MR) is 60.9 cm³/mol. The Bertz CT molecular complexity index is 529. The van der Waals surface area contributed by atoms with Crippen LogP contribution in [0.3, 0.4) is 0 Å². The van der Waals surface area contributed by atoms with Crippen LogP contribution in [-0.4, -0.2) is 10.2 Å². The van der Waals surface area contributed by atoms with Crippen LogP contribution >= 0.6 is 0 Å². The second kappa shape index (κ2) is 3.33. The number of hydrogen-bond donors (Lipinski definition) is 1. The molecule has 1 saturated carbocycles. The molecule has 0 saturated heterocycles. The minimum Gasteiger partial charge on any atom is -0.420 e. The summed E-state index contributed by atoms with van der Waals surface area (Å²) in [6.07, 6.45) is 2.33. The van der Waals surface area contributed by atoms with Crippen molar-refractivity contribution in [3.05, 3.63) is 29.7 Å². The molecular weight excluding hydrogens is 202 g/mol. The van der Waals surface area contributed by atoms with Crippen LogP contribution in [-0.2, 0) is 0 Å². The quantitative estimate of drug-likeness (QED) is 0.782. The molecule has 1 fully saturated rings. The number of aromatic nitrogens is 2. The van der Waals surface area contributed by atoms with Crippen molar-refractivity contribution in [1.82, 2.24) is 10.2 Å². The van der Waals surface area contributed by atoms with Gasteiger partial charge in [0.05, 0.1) is 0 Å². The number of nitrogens with zero attached hydrogens (tertiary/aromatic N) is 2. The highest BCUT2D eigenvalue weighted by atomic mass is 16.4. The van der Waals surface area contributed by atoms with Crippen LogP contribution in [0, 0.1) is 6.92 Å². The summed E-state index contributed by atoms with van der Waals surface area (Å²) >= 11 is 0. The number of nitrogen functional groups attached to an aromatic ring is 1. The summed E-state index contributed by atoms with van der Waals surface area (Å²) in [5, 5.41) is 8.15. The second-order valence-corrected chi connectivity index (χ2v) is 4.29. The van der Waals surface area contributed by atoms with Crippen molar-refractivity contribution in [1.29, 1.82) is 0 Å². The minimum atomic E-state index is 0.489. The van der Waals surface area contributed by atoms with E-state index in [1.165, 1.54) is 0 Å². The Labute approximate surface area is 93.5 Å². The van der Waals surface area contributed by atoms with Crippen LogP contribution in [0.1, 0.15) is 30.2 Å². The van der Waals surface area contributed by atoms with Crippen LogP contribution in [0.25, 0.3) is 11.5 Å². The molecule has 1 heterocycles. The molecule has 0 bridgehead atoms. The SMILES string of the molecule is Cc1ccc(N)cc1-c1nnc(C2CC2)o1. The fourth-order valence-corrected chi connectivity index (χ4v) is 1.71. The van der Waals surface area contributed by atoms with Gasteiger partial charge in [0.1, 0.15) is 0 Å². The molecule has 0 spiro atoms. The normalized spacial score (nSPS) is 15.3. The second-order valence-electron chi connectivity index (χ2n) is 4.29. The molecule has 2 N–H and O–H groups in total. The summed E-state index contributed by atoms with van der Waals surface area (Å²) in [5.41, 5.74) is 8.50. The number of anilines is 1. The van der Waals surface area contributed by atoms with Crippen LogP contribution in [0.15, 0.2) is 22.6 Å². The Balaban J connectivity index is 2.03. The first kappa shape index (κ1) is 9.39. The molecule has 4 nitrogen and oxygen atoms in total. The summed E-state index contributed by atoms with van der Waals surface area (Å²) in [6.45, 7) is 2.01. The van der Waals surface area contributed by atoms with Gasteiger partial charge in [0.25, 0.3) is 0 Å². The lowest BCUT2D eigenvalue weighted by Crippen LogP contribution is -1.88. The molecule has 82 valence electrons. The fourth-order valence-electron chi connectivity index (χ4n) is 1.71. The van der Waals surface area contributed by atoms with Crippen molar-refractivity contribution in [2.75, 3.05) is 5.73 Å². The van der Waals surface area contributed by atoms with E-state index >= 15 is 0 Å². The van der Waals surface area contributed by atoms with E-state index in [4.69, 9.17) is 10.2 Å². The van der Waals surface area contributed by atoms with E-state index in [0.717, 1.165) is 29.9 Å². The molecule has 0 amide bonds. The number of nitrogens with two attached hydrogens (primary N) is 1. The minimum absolute atomic E-state index is 0.489. The van der Waals surface area contributed by atoms with Gasteiger partial charge in [-0.2, -0.15) is 0 Å². The van der Waals surface area contributed by atoms with Gasteiger partial charge in [-0.15, -0.1) is 10.2 Å². The topological polar surface area (TPSA) is 64.9 Å². The van der Waals surface area contributed by atoms with E-state index in [9.17, 15) is 0 Å². The Morgan fingerprint density at radius 2 is 2.12 bits per heavy atom. The lowest BCUT2D eigenvalue weighted by molar-refractivity contribution is 0.508. The van der Waals surface area contributed by atoms with Crippen molar-refractivity contribution in [3.63, 3.8) is 0 Å². The van der Waals surface area contributed by atoms with Crippen molar-refractivity contribution < 1.29 is 4.42 Å². The highest BCUT2D eigenvalue weighted by Gasteiger charge is 2.29. The summed E-state index contributed by atoms with van der Waals surface area (Å²) in [4.78, 5) is 0. The lowest BCUT2D eigenvalue weighted by atomic mass is 10.1. The Kier molecular flexibility index (Phi) is 1.96. The van der Waals surface area contributed by atoms with Crippen LogP contribution in [0.5, 0.6) is 0 Å². The van der Waals surface area contributed by atoms with E-state index < -0.39 is 0 Å². The molecule has 1 aliphatic rings. The van der Waals surface area contributed by atoms with E-state index in [1.54, 1.807) is 0 Å². The largest absolute Gasteiger partial charge is 0.420 e. The van der Waals surface area contributed by atoms with Crippen molar-refractivity contribution in [2.45, 2.75) is 25.7 Å². The van der Waals surface area contributed by atoms with Gasteiger partial charge in [-0.3, -0.25) is 0 Å². The van der Waals surface area contributed by atoms with Crippen molar-refractivity contribution >= 4 is 5.69 Å². The van der Waals surface area contributed by atoms with Gasteiger partial charge in [0.2, 0.25) is 11.8 Å². The summed E-state index contributed by atoms with van der Waals surface area (Å²) in [6, 6.07) is 5.71. The molecule has 3 rings (SSSR count). The van der Waals surface area contributed by atoms with Gasteiger partial charge in [-0.05, 0) is 37.5 Å². The Hall–Kier alpha value is -1.84. The van der Waals surface area contributed by atoms with Crippen molar-refractivity contribution in [2.24, 2.45) is 0 Å². The molecule has 0 radical (unpaired) electrons. The number of hydrogen-bond acceptors (Lipinski definition) is 4. The standard InChI is InChI=1S/C12H13N3O/c1-7-2-5-9(13)6-10(7)12-15-14-11(16-12)8-3-4-8/h2,5-6,8H,3-4,13H2,1H3. The van der Waals surface area contributed by atoms with Crippen molar-refractivity contribution in [3.8, 4) is 11.5 Å². The fraction of sp³-hybridized carbons (Fsp3) is 0.333. The third kappa shape index (κ3) is 1.56. The van der Waals surface area contributed by atoms with E-state index in [2.05, 4.69) is 10.2 Å². The first-order chi connectivity index (χ1) is 7.74. The zero-order chi connectivity index (χ0) is 11.1. The third-order valence-corrected chi connectivity index (χ3v) is 2.86. The molecule has 1 aromatic heterocycles. The van der Waals surface area contributed by atoms with Gasteiger partial charge in [0.15, 0.2) is 0 Å². The molecular formula is C12H13N3O. The van der Waals surface area contributed by atoms with Crippen LogP contribution in [0.2, 0.25) is 0 Å². The summed E-state index contributed by atoms with van der Waals surface area (Å²) < 4.78 is 5.65. The maximum atomic E-state index is 5.75. The molecule has 0 unspecified atom stereocenters. The highest BCUT2D eigenvalue weighted by molar-refractivity contribution is 5.63. The third-order valence-electron chi connectivity index (χ3n) is 2.86. The zero-order valence-corrected chi connectivity index (χ0v) is 9.10. The molecule has 4 heteroatoms.